The Morgan fingerprint density at radius 1 is 1.16 bits per heavy atom. The van der Waals surface area contributed by atoms with Gasteiger partial charge in [0.25, 0.3) is 0 Å². The summed E-state index contributed by atoms with van der Waals surface area (Å²) in [5.74, 6) is 0. The van der Waals surface area contributed by atoms with E-state index in [1.54, 1.807) is 12.1 Å². The molecule has 6 heteroatoms. The molecule has 0 aliphatic carbocycles. The van der Waals surface area contributed by atoms with Gasteiger partial charge in [0.05, 0.1) is 0 Å². The molecule has 0 amide bonds. The summed E-state index contributed by atoms with van der Waals surface area (Å²) in [5.41, 5.74) is -1.52. The lowest BCUT2D eigenvalue weighted by atomic mass is 9.90. The van der Waals surface area contributed by atoms with Gasteiger partial charge in [0.15, 0.2) is 5.60 Å². The molecule has 1 saturated heterocycles. The number of piperidine rings is 1. The van der Waals surface area contributed by atoms with Crippen LogP contribution in [0.4, 0.5) is 13.2 Å². The summed E-state index contributed by atoms with van der Waals surface area (Å²) in [6.07, 6.45) is -5.09. The van der Waals surface area contributed by atoms with Gasteiger partial charge in [-0.05, 0) is 30.5 Å². The number of hydrogen-bond acceptors (Lipinski definition) is 2. The Morgan fingerprint density at radius 2 is 1.68 bits per heavy atom. The van der Waals surface area contributed by atoms with Crippen molar-refractivity contribution in [2.45, 2.75) is 31.2 Å². The molecule has 0 saturated carbocycles. The fourth-order valence-corrected chi connectivity index (χ4v) is 2.34. The first-order valence-electron chi connectivity index (χ1n) is 6.06. The molecule has 1 aromatic rings. The lowest BCUT2D eigenvalue weighted by Gasteiger charge is -2.39. The monoisotopic (exact) mass is 293 g/mol. The first-order chi connectivity index (χ1) is 8.80. The van der Waals surface area contributed by atoms with E-state index in [0.29, 0.717) is 11.6 Å². The van der Waals surface area contributed by atoms with E-state index < -0.39 is 11.8 Å². The number of aliphatic hydroxyl groups is 1. The van der Waals surface area contributed by atoms with Crippen molar-refractivity contribution >= 4 is 11.6 Å². The average molecular weight is 294 g/mol. The third-order valence-corrected chi connectivity index (χ3v) is 3.78. The van der Waals surface area contributed by atoms with Gasteiger partial charge in [-0.2, -0.15) is 13.2 Å². The van der Waals surface area contributed by atoms with E-state index in [4.69, 9.17) is 11.6 Å². The molecule has 0 aromatic heterocycles. The maximum atomic E-state index is 12.6. The predicted molar refractivity (Wildman–Crippen MR) is 67.0 cm³/mol. The van der Waals surface area contributed by atoms with Gasteiger partial charge in [-0.1, -0.05) is 23.7 Å². The number of hydrogen-bond donors (Lipinski definition) is 1. The largest absolute Gasteiger partial charge is 0.417 e. The Bertz CT molecular complexity index is 425. The lowest BCUT2D eigenvalue weighted by Crippen LogP contribution is -2.53. The van der Waals surface area contributed by atoms with Crippen molar-refractivity contribution in [2.24, 2.45) is 0 Å². The van der Waals surface area contributed by atoms with Crippen LogP contribution >= 0.6 is 11.6 Å². The minimum Gasteiger partial charge on any atom is -0.380 e. The number of nitrogens with zero attached hydrogens (tertiary/aromatic N) is 1. The van der Waals surface area contributed by atoms with Crippen molar-refractivity contribution in [2.75, 3.05) is 13.1 Å². The van der Waals surface area contributed by atoms with E-state index in [2.05, 4.69) is 0 Å². The molecule has 0 radical (unpaired) electrons. The molecular weight excluding hydrogens is 279 g/mol. The van der Waals surface area contributed by atoms with Crippen molar-refractivity contribution in [1.82, 2.24) is 4.90 Å². The summed E-state index contributed by atoms with van der Waals surface area (Å²) in [7, 11) is 0. The van der Waals surface area contributed by atoms with Gasteiger partial charge in [0.1, 0.15) is 0 Å². The van der Waals surface area contributed by atoms with E-state index in [1.165, 1.54) is 0 Å². The zero-order valence-electron chi connectivity index (χ0n) is 10.3. The SMILES string of the molecule is OC1(C(F)(F)F)CCN(Cc2ccc(Cl)cc2)CC1. The Labute approximate surface area is 114 Å². The minimum atomic E-state index is -4.54. The number of halogens is 4. The summed E-state index contributed by atoms with van der Waals surface area (Å²) < 4.78 is 37.9. The van der Waals surface area contributed by atoms with E-state index >= 15 is 0 Å². The minimum absolute atomic E-state index is 0.235. The summed E-state index contributed by atoms with van der Waals surface area (Å²) in [5, 5.41) is 10.2. The number of alkyl halides is 3. The molecule has 0 atom stereocenters. The van der Waals surface area contributed by atoms with Crippen molar-refractivity contribution in [3.8, 4) is 0 Å². The van der Waals surface area contributed by atoms with Crippen LogP contribution in [0.5, 0.6) is 0 Å². The lowest BCUT2D eigenvalue weighted by molar-refractivity contribution is -0.272. The topological polar surface area (TPSA) is 23.5 Å². The molecule has 19 heavy (non-hydrogen) atoms. The molecule has 106 valence electrons. The quantitative estimate of drug-likeness (QED) is 0.905. The fraction of sp³-hybridized carbons (Fsp3) is 0.538. The number of likely N-dealkylation sites (tertiary alicyclic amines) is 1. The molecule has 0 unspecified atom stereocenters. The van der Waals surface area contributed by atoms with E-state index in [9.17, 15) is 18.3 Å². The highest BCUT2D eigenvalue weighted by Crippen LogP contribution is 2.38. The smallest absolute Gasteiger partial charge is 0.380 e. The second-order valence-corrected chi connectivity index (χ2v) is 5.37. The van der Waals surface area contributed by atoms with E-state index in [0.717, 1.165) is 5.56 Å². The van der Waals surface area contributed by atoms with Gasteiger partial charge in [-0.25, -0.2) is 0 Å². The molecular formula is C13H15ClF3NO. The van der Waals surface area contributed by atoms with Gasteiger partial charge >= 0.3 is 6.18 Å². The van der Waals surface area contributed by atoms with E-state index in [1.807, 2.05) is 17.0 Å². The third kappa shape index (κ3) is 3.41. The predicted octanol–water partition coefficient (Wildman–Crippen LogP) is 3.23. The van der Waals surface area contributed by atoms with Gasteiger partial charge in [0.2, 0.25) is 0 Å². The molecule has 1 fully saturated rings. The highest BCUT2D eigenvalue weighted by molar-refractivity contribution is 6.30. The maximum Gasteiger partial charge on any atom is 0.417 e. The maximum absolute atomic E-state index is 12.6. The number of benzene rings is 1. The van der Waals surface area contributed by atoms with Gasteiger partial charge in [-0.3, -0.25) is 4.90 Å². The third-order valence-electron chi connectivity index (χ3n) is 3.53. The zero-order chi connectivity index (χ0) is 14.1. The molecule has 1 aromatic carbocycles. The van der Waals surface area contributed by atoms with Crippen molar-refractivity contribution in [3.63, 3.8) is 0 Å². The van der Waals surface area contributed by atoms with Crippen LogP contribution in [-0.2, 0) is 6.54 Å². The Kier molecular flexibility index (Phi) is 4.08. The average Bonchev–Trinajstić information content (AvgIpc) is 2.34. The molecule has 2 nitrogen and oxygen atoms in total. The highest BCUT2D eigenvalue weighted by atomic mass is 35.5. The molecule has 0 bridgehead atoms. The standard InChI is InChI=1S/C13H15ClF3NO/c14-11-3-1-10(2-4-11)9-18-7-5-12(19,6-8-18)13(15,16)17/h1-4,19H,5-9H2. The molecule has 1 heterocycles. The second-order valence-electron chi connectivity index (χ2n) is 4.93. The van der Waals surface area contributed by atoms with Crippen LogP contribution in [-0.4, -0.2) is 34.9 Å². The van der Waals surface area contributed by atoms with Crippen LogP contribution in [0.2, 0.25) is 5.02 Å². The Balaban J connectivity index is 1.92. The summed E-state index contributed by atoms with van der Waals surface area (Å²) in [6, 6.07) is 7.22. The second kappa shape index (κ2) is 5.31. The molecule has 1 N–H and O–H groups in total. The van der Waals surface area contributed by atoms with Crippen molar-refractivity contribution in [1.29, 1.82) is 0 Å². The van der Waals surface area contributed by atoms with Crippen LogP contribution in [0, 0.1) is 0 Å². The summed E-state index contributed by atoms with van der Waals surface area (Å²) >= 11 is 5.77. The van der Waals surface area contributed by atoms with E-state index in [-0.39, 0.29) is 25.9 Å². The van der Waals surface area contributed by atoms with Gasteiger partial charge < -0.3 is 5.11 Å². The number of rotatable bonds is 2. The van der Waals surface area contributed by atoms with Crippen LogP contribution < -0.4 is 0 Å². The molecule has 2 rings (SSSR count). The molecule has 1 aliphatic rings. The fourth-order valence-electron chi connectivity index (χ4n) is 2.21. The summed E-state index contributed by atoms with van der Waals surface area (Å²) in [4.78, 5) is 1.91. The first kappa shape index (κ1) is 14.6. The summed E-state index contributed by atoms with van der Waals surface area (Å²) in [6.45, 7) is 1.04. The Hall–Kier alpha value is -0.780. The van der Waals surface area contributed by atoms with Crippen molar-refractivity contribution < 1.29 is 18.3 Å². The van der Waals surface area contributed by atoms with Crippen molar-refractivity contribution in [3.05, 3.63) is 34.9 Å². The normalized spacial score (nSPS) is 20.5. The van der Waals surface area contributed by atoms with Crippen LogP contribution in [0.3, 0.4) is 0 Å². The van der Waals surface area contributed by atoms with Gasteiger partial charge in [0, 0.05) is 24.7 Å². The zero-order valence-corrected chi connectivity index (χ0v) is 11.0. The van der Waals surface area contributed by atoms with Gasteiger partial charge in [-0.15, -0.1) is 0 Å². The molecule has 0 spiro atoms. The van der Waals surface area contributed by atoms with Crippen LogP contribution in [0.1, 0.15) is 18.4 Å². The first-order valence-corrected chi connectivity index (χ1v) is 6.44. The van der Waals surface area contributed by atoms with Crippen LogP contribution in [0.25, 0.3) is 0 Å². The highest BCUT2D eigenvalue weighted by Gasteiger charge is 2.54. The molecule has 1 aliphatic heterocycles. The Morgan fingerprint density at radius 3 is 2.16 bits per heavy atom. The van der Waals surface area contributed by atoms with Crippen LogP contribution in [0.15, 0.2) is 24.3 Å².